The van der Waals surface area contributed by atoms with E-state index in [0.717, 1.165) is 25.0 Å². The van der Waals surface area contributed by atoms with Gasteiger partial charge < -0.3 is 9.84 Å². The van der Waals surface area contributed by atoms with E-state index in [1.54, 1.807) is 0 Å². The van der Waals surface area contributed by atoms with Crippen LogP contribution in [0.2, 0.25) is 0 Å². The van der Waals surface area contributed by atoms with Gasteiger partial charge in [0.2, 0.25) is 0 Å². The quantitative estimate of drug-likeness (QED) is 0.906. The SMILES string of the molecule is Cc1cc(C(C)(C)C)c2c(c1CCCO)OC(C)(C)C2. The summed E-state index contributed by atoms with van der Waals surface area (Å²) in [7, 11) is 0. The Labute approximate surface area is 123 Å². The minimum absolute atomic E-state index is 0.121. The van der Waals surface area contributed by atoms with Gasteiger partial charge in [-0.25, -0.2) is 0 Å². The molecule has 0 amide bonds. The molecule has 2 nitrogen and oxygen atoms in total. The van der Waals surface area contributed by atoms with Crippen molar-refractivity contribution in [3.8, 4) is 5.75 Å². The van der Waals surface area contributed by atoms with Gasteiger partial charge in [-0.3, -0.25) is 0 Å². The predicted octanol–water partition coefficient (Wildman–Crippen LogP) is 3.93. The molecule has 0 fully saturated rings. The predicted molar refractivity (Wildman–Crippen MR) is 83.7 cm³/mol. The van der Waals surface area contributed by atoms with E-state index in [9.17, 15) is 0 Å². The molecule has 1 aliphatic heterocycles. The molecule has 0 saturated carbocycles. The summed E-state index contributed by atoms with van der Waals surface area (Å²) in [6, 6.07) is 2.33. The normalized spacial score (nSPS) is 16.9. The van der Waals surface area contributed by atoms with Gasteiger partial charge >= 0.3 is 0 Å². The molecule has 2 rings (SSSR count). The monoisotopic (exact) mass is 276 g/mol. The van der Waals surface area contributed by atoms with Gasteiger partial charge in [0.05, 0.1) is 0 Å². The van der Waals surface area contributed by atoms with E-state index >= 15 is 0 Å². The Morgan fingerprint density at radius 3 is 2.50 bits per heavy atom. The number of aryl methyl sites for hydroxylation is 1. The summed E-state index contributed by atoms with van der Waals surface area (Å²) in [5, 5.41) is 9.11. The smallest absolute Gasteiger partial charge is 0.127 e. The summed E-state index contributed by atoms with van der Waals surface area (Å²) in [6.45, 7) is 13.5. The Morgan fingerprint density at radius 1 is 1.30 bits per heavy atom. The van der Waals surface area contributed by atoms with Crippen LogP contribution < -0.4 is 4.74 Å². The Bertz CT molecular complexity index is 507. The standard InChI is InChI=1S/C18H28O2/c1-12-10-15(17(2,3)4)14-11-18(5,6)20-16(14)13(12)8-7-9-19/h10,19H,7-9,11H2,1-6H3. The number of fused-ring (bicyclic) bond motifs is 1. The largest absolute Gasteiger partial charge is 0.487 e. The van der Waals surface area contributed by atoms with Crippen LogP contribution in [-0.2, 0) is 18.3 Å². The average molecular weight is 276 g/mol. The van der Waals surface area contributed by atoms with Crippen LogP contribution in [0.25, 0.3) is 0 Å². The van der Waals surface area contributed by atoms with Gasteiger partial charge in [0.15, 0.2) is 0 Å². The molecule has 1 N–H and O–H groups in total. The lowest BCUT2D eigenvalue weighted by Crippen LogP contribution is -2.25. The molecule has 20 heavy (non-hydrogen) atoms. The van der Waals surface area contributed by atoms with Crippen molar-refractivity contribution >= 4 is 0 Å². The topological polar surface area (TPSA) is 29.5 Å². The minimum Gasteiger partial charge on any atom is -0.487 e. The lowest BCUT2D eigenvalue weighted by atomic mass is 9.79. The highest BCUT2D eigenvalue weighted by Crippen LogP contribution is 2.44. The highest BCUT2D eigenvalue weighted by molar-refractivity contribution is 5.55. The Morgan fingerprint density at radius 2 is 1.95 bits per heavy atom. The molecule has 0 bridgehead atoms. The van der Waals surface area contributed by atoms with E-state index < -0.39 is 0 Å². The first-order chi connectivity index (χ1) is 9.15. The Hall–Kier alpha value is -1.02. The number of rotatable bonds is 3. The van der Waals surface area contributed by atoms with Gasteiger partial charge in [0.1, 0.15) is 11.4 Å². The highest BCUT2D eigenvalue weighted by atomic mass is 16.5. The molecule has 0 atom stereocenters. The molecule has 1 aromatic rings. The molecule has 0 unspecified atom stereocenters. The van der Waals surface area contributed by atoms with E-state index in [0.29, 0.717) is 0 Å². The maximum Gasteiger partial charge on any atom is 0.127 e. The van der Waals surface area contributed by atoms with E-state index in [-0.39, 0.29) is 17.6 Å². The molecular formula is C18H28O2. The van der Waals surface area contributed by atoms with Crippen LogP contribution in [0.5, 0.6) is 5.75 Å². The summed E-state index contributed by atoms with van der Waals surface area (Å²) in [5.74, 6) is 1.09. The van der Waals surface area contributed by atoms with Crippen molar-refractivity contribution in [2.24, 2.45) is 0 Å². The molecule has 2 heteroatoms. The second kappa shape index (κ2) is 5.07. The maximum atomic E-state index is 9.11. The zero-order chi connectivity index (χ0) is 15.1. The molecule has 1 heterocycles. The van der Waals surface area contributed by atoms with Gasteiger partial charge in [-0.1, -0.05) is 26.8 Å². The molecular weight excluding hydrogens is 248 g/mol. The molecule has 112 valence electrons. The number of hydrogen-bond donors (Lipinski definition) is 1. The Balaban J connectivity index is 2.57. The van der Waals surface area contributed by atoms with Gasteiger partial charge in [0.25, 0.3) is 0 Å². The third-order valence-electron chi connectivity index (χ3n) is 4.08. The van der Waals surface area contributed by atoms with Crippen LogP contribution in [0.4, 0.5) is 0 Å². The molecule has 1 aromatic carbocycles. The number of aliphatic hydroxyl groups excluding tert-OH is 1. The molecule has 0 saturated heterocycles. The van der Waals surface area contributed by atoms with Crippen molar-refractivity contribution in [2.75, 3.05) is 6.61 Å². The summed E-state index contributed by atoms with van der Waals surface area (Å²) in [6.07, 6.45) is 2.67. The van der Waals surface area contributed by atoms with Gasteiger partial charge in [0, 0.05) is 18.6 Å². The van der Waals surface area contributed by atoms with Crippen molar-refractivity contribution in [2.45, 2.75) is 71.8 Å². The summed E-state index contributed by atoms with van der Waals surface area (Å²) >= 11 is 0. The first-order valence-corrected chi connectivity index (χ1v) is 7.61. The lowest BCUT2D eigenvalue weighted by Gasteiger charge is -2.24. The van der Waals surface area contributed by atoms with Crippen molar-refractivity contribution in [3.05, 3.63) is 28.3 Å². The molecule has 0 radical (unpaired) electrons. The summed E-state index contributed by atoms with van der Waals surface area (Å²) < 4.78 is 6.26. The maximum absolute atomic E-state index is 9.11. The summed E-state index contributed by atoms with van der Waals surface area (Å²) in [5.41, 5.74) is 5.37. The van der Waals surface area contributed by atoms with Crippen LogP contribution in [0, 0.1) is 6.92 Å². The Kier molecular flexibility index (Phi) is 3.90. The third-order valence-corrected chi connectivity index (χ3v) is 4.08. The van der Waals surface area contributed by atoms with Crippen LogP contribution >= 0.6 is 0 Å². The number of hydrogen-bond acceptors (Lipinski definition) is 2. The fourth-order valence-corrected chi connectivity index (χ4v) is 3.15. The fourth-order valence-electron chi connectivity index (χ4n) is 3.15. The van der Waals surface area contributed by atoms with Crippen molar-refractivity contribution in [3.63, 3.8) is 0 Å². The lowest BCUT2D eigenvalue weighted by molar-refractivity contribution is 0.137. The number of ether oxygens (including phenoxy) is 1. The second-order valence-electron chi connectivity index (χ2n) is 7.64. The van der Waals surface area contributed by atoms with Crippen molar-refractivity contribution < 1.29 is 9.84 Å². The van der Waals surface area contributed by atoms with E-state index in [1.807, 2.05) is 0 Å². The van der Waals surface area contributed by atoms with Gasteiger partial charge in [-0.05, 0) is 55.7 Å². The van der Waals surface area contributed by atoms with E-state index in [1.165, 1.54) is 22.3 Å². The van der Waals surface area contributed by atoms with Crippen molar-refractivity contribution in [1.29, 1.82) is 0 Å². The highest BCUT2D eigenvalue weighted by Gasteiger charge is 2.36. The van der Waals surface area contributed by atoms with Crippen molar-refractivity contribution in [1.82, 2.24) is 0 Å². The van der Waals surface area contributed by atoms with Gasteiger partial charge in [-0.2, -0.15) is 0 Å². The molecule has 0 aliphatic carbocycles. The van der Waals surface area contributed by atoms with E-state index in [4.69, 9.17) is 9.84 Å². The minimum atomic E-state index is -0.121. The van der Waals surface area contributed by atoms with Crippen LogP contribution in [0.1, 0.15) is 63.3 Å². The zero-order valence-corrected chi connectivity index (χ0v) is 13.8. The van der Waals surface area contributed by atoms with Gasteiger partial charge in [-0.15, -0.1) is 0 Å². The fraction of sp³-hybridized carbons (Fsp3) is 0.667. The van der Waals surface area contributed by atoms with E-state index in [2.05, 4.69) is 47.6 Å². The molecule has 0 aromatic heterocycles. The summed E-state index contributed by atoms with van der Waals surface area (Å²) in [4.78, 5) is 0. The van der Waals surface area contributed by atoms with Crippen LogP contribution in [-0.4, -0.2) is 17.3 Å². The number of aliphatic hydroxyl groups is 1. The first-order valence-electron chi connectivity index (χ1n) is 7.61. The molecule has 0 spiro atoms. The first kappa shape index (κ1) is 15.4. The van der Waals surface area contributed by atoms with Crippen LogP contribution in [0.3, 0.4) is 0 Å². The third kappa shape index (κ3) is 2.85. The zero-order valence-electron chi connectivity index (χ0n) is 13.8. The molecule has 1 aliphatic rings. The number of benzene rings is 1. The average Bonchev–Trinajstić information content (AvgIpc) is 2.61. The second-order valence-corrected chi connectivity index (χ2v) is 7.64. The van der Waals surface area contributed by atoms with Crippen LogP contribution in [0.15, 0.2) is 6.07 Å².